The summed E-state index contributed by atoms with van der Waals surface area (Å²) in [6.07, 6.45) is 0. The topological polar surface area (TPSA) is 0 Å². The van der Waals surface area contributed by atoms with Crippen molar-refractivity contribution in [3.8, 4) is 0 Å². The van der Waals surface area contributed by atoms with Crippen molar-refractivity contribution in [2.75, 3.05) is 0 Å². The molecule has 8 heavy (non-hydrogen) atoms. The molecule has 49 valence electrons. The predicted octanol–water partition coefficient (Wildman–Crippen LogP) is 3.09. The minimum atomic E-state index is 0.402. The monoisotopic (exact) mass is 131 g/mol. The molecule has 0 amide bonds. The Hall–Kier alpha value is 0.350. The highest BCUT2D eigenvalue weighted by atomic mass is 32.2. The van der Waals surface area contributed by atoms with Crippen molar-refractivity contribution in [3.05, 3.63) is 5.25 Å². The average Bonchev–Trinajstić information content (AvgIpc) is 1.21. The molecule has 0 N–H and O–H groups in total. The SMILES string of the molecule is C[C](C)SC(C)(C)C. The summed E-state index contributed by atoms with van der Waals surface area (Å²) in [4.78, 5) is 0. The van der Waals surface area contributed by atoms with E-state index in [4.69, 9.17) is 0 Å². The van der Waals surface area contributed by atoms with Gasteiger partial charge in [-0.3, -0.25) is 0 Å². The number of rotatable bonds is 1. The van der Waals surface area contributed by atoms with Crippen LogP contribution >= 0.6 is 11.8 Å². The van der Waals surface area contributed by atoms with Crippen molar-refractivity contribution in [2.24, 2.45) is 0 Å². The molecule has 0 aliphatic rings. The van der Waals surface area contributed by atoms with Gasteiger partial charge in [-0.15, -0.1) is 11.8 Å². The Morgan fingerprint density at radius 3 is 1.50 bits per heavy atom. The quantitative estimate of drug-likeness (QED) is 0.527. The van der Waals surface area contributed by atoms with E-state index in [0.717, 1.165) is 0 Å². The molecular formula is C7H15S. The fraction of sp³-hybridized carbons (Fsp3) is 0.857. The lowest BCUT2D eigenvalue weighted by atomic mass is 10.3. The first-order chi connectivity index (χ1) is 3.42. The van der Waals surface area contributed by atoms with Crippen molar-refractivity contribution >= 4 is 11.8 Å². The standard InChI is InChI=1S/C7H15S/c1-6(2)8-7(3,4)5/h1-5H3. The Balaban J connectivity index is 3.39. The van der Waals surface area contributed by atoms with Crippen LogP contribution in [0.3, 0.4) is 0 Å². The maximum Gasteiger partial charge on any atom is 0.0250 e. The molecule has 0 atom stereocenters. The number of hydrogen-bond acceptors (Lipinski definition) is 1. The molecule has 0 heterocycles. The Morgan fingerprint density at radius 1 is 1.12 bits per heavy atom. The normalized spacial score (nSPS) is 12.8. The molecule has 0 nitrogen and oxygen atoms in total. The summed E-state index contributed by atoms with van der Waals surface area (Å²) in [5, 5.41) is 1.44. The minimum Gasteiger partial charge on any atom is -0.148 e. The Morgan fingerprint density at radius 2 is 1.50 bits per heavy atom. The van der Waals surface area contributed by atoms with Crippen LogP contribution in [-0.4, -0.2) is 4.75 Å². The molecule has 0 aliphatic carbocycles. The molecule has 0 aromatic rings. The first-order valence-corrected chi connectivity index (χ1v) is 3.72. The molecule has 1 radical (unpaired) electrons. The highest BCUT2D eigenvalue weighted by molar-refractivity contribution is 8.03. The van der Waals surface area contributed by atoms with Crippen molar-refractivity contribution in [1.29, 1.82) is 0 Å². The Bertz CT molecular complexity index is 59.3. The van der Waals surface area contributed by atoms with Gasteiger partial charge in [0.15, 0.2) is 0 Å². The summed E-state index contributed by atoms with van der Waals surface area (Å²) in [5.74, 6) is 0. The largest absolute Gasteiger partial charge is 0.148 e. The Labute approximate surface area is 57.1 Å². The van der Waals surface area contributed by atoms with E-state index in [2.05, 4.69) is 34.6 Å². The van der Waals surface area contributed by atoms with Crippen molar-refractivity contribution in [3.63, 3.8) is 0 Å². The zero-order valence-corrected chi connectivity index (χ0v) is 7.22. The summed E-state index contributed by atoms with van der Waals surface area (Å²) < 4.78 is 0.402. The van der Waals surface area contributed by atoms with Crippen LogP contribution in [0.4, 0.5) is 0 Å². The first-order valence-electron chi connectivity index (χ1n) is 2.91. The second-order valence-corrected chi connectivity index (χ2v) is 5.37. The summed E-state index contributed by atoms with van der Waals surface area (Å²) in [6, 6.07) is 0. The average molecular weight is 131 g/mol. The van der Waals surface area contributed by atoms with Crippen LogP contribution in [0, 0.1) is 5.25 Å². The minimum absolute atomic E-state index is 0.402. The summed E-state index contributed by atoms with van der Waals surface area (Å²) >= 11 is 1.93. The van der Waals surface area contributed by atoms with E-state index in [1.54, 1.807) is 0 Å². The van der Waals surface area contributed by atoms with E-state index in [0.29, 0.717) is 4.75 Å². The molecule has 1 heteroatoms. The van der Waals surface area contributed by atoms with Crippen LogP contribution in [0.5, 0.6) is 0 Å². The smallest absolute Gasteiger partial charge is 0.0250 e. The molecule has 0 saturated carbocycles. The van der Waals surface area contributed by atoms with Crippen molar-refractivity contribution in [1.82, 2.24) is 0 Å². The van der Waals surface area contributed by atoms with Gasteiger partial charge in [0.25, 0.3) is 0 Å². The van der Waals surface area contributed by atoms with Gasteiger partial charge in [0, 0.05) is 10.00 Å². The van der Waals surface area contributed by atoms with Gasteiger partial charge in [-0.25, -0.2) is 0 Å². The van der Waals surface area contributed by atoms with Crippen molar-refractivity contribution in [2.45, 2.75) is 39.4 Å². The third kappa shape index (κ3) is 6.35. The number of thioether (sulfide) groups is 1. The number of hydrogen-bond donors (Lipinski definition) is 0. The second kappa shape index (κ2) is 2.77. The maximum absolute atomic E-state index is 2.23. The van der Waals surface area contributed by atoms with Crippen LogP contribution in [0.2, 0.25) is 0 Å². The van der Waals surface area contributed by atoms with Gasteiger partial charge >= 0.3 is 0 Å². The van der Waals surface area contributed by atoms with E-state index in [1.165, 1.54) is 5.25 Å². The molecule has 0 aromatic carbocycles. The molecule has 0 spiro atoms. The lowest BCUT2D eigenvalue weighted by Gasteiger charge is -2.19. The molecule has 0 aliphatic heterocycles. The fourth-order valence-electron chi connectivity index (χ4n) is 0.612. The summed E-state index contributed by atoms with van der Waals surface area (Å²) in [6.45, 7) is 11.0. The van der Waals surface area contributed by atoms with Crippen LogP contribution in [-0.2, 0) is 0 Å². The lowest BCUT2D eigenvalue weighted by molar-refractivity contribution is 0.803. The first kappa shape index (κ1) is 8.35. The summed E-state index contributed by atoms with van der Waals surface area (Å²) in [5.41, 5.74) is 0. The highest BCUT2D eigenvalue weighted by Gasteiger charge is 2.11. The molecule has 0 saturated heterocycles. The second-order valence-electron chi connectivity index (χ2n) is 3.12. The molecule has 0 aromatic heterocycles. The highest BCUT2D eigenvalue weighted by Crippen LogP contribution is 2.31. The zero-order chi connectivity index (χ0) is 6.78. The zero-order valence-electron chi connectivity index (χ0n) is 6.41. The predicted molar refractivity (Wildman–Crippen MR) is 41.9 cm³/mol. The van der Waals surface area contributed by atoms with E-state index in [9.17, 15) is 0 Å². The van der Waals surface area contributed by atoms with Gasteiger partial charge in [-0.05, 0) is 13.8 Å². The van der Waals surface area contributed by atoms with Gasteiger partial charge in [-0.1, -0.05) is 20.8 Å². The summed E-state index contributed by atoms with van der Waals surface area (Å²) in [7, 11) is 0. The van der Waals surface area contributed by atoms with E-state index in [1.807, 2.05) is 11.8 Å². The van der Waals surface area contributed by atoms with Crippen molar-refractivity contribution < 1.29 is 0 Å². The lowest BCUT2D eigenvalue weighted by Crippen LogP contribution is -2.07. The third-order valence-electron chi connectivity index (χ3n) is 0.510. The van der Waals surface area contributed by atoms with E-state index >= 15 is 0 Å². The van der Waals surface area contributed by atoms with E-state index in [-0.39, 0.29) is 0 Å². The van der Waals surface area contributed by atoms with E-state index < -0.39 is 0 Å². The molecular weight excluding hydrogens is 116 g/mol. The maximum atomic E-state index is 2.23. The molecule has 0 rings (SSSR count). The Kier molecular flexibility index (Phi) is 2.89. The molecule has 0 bridgehead atoms. The fourth-order valence-corrected chi connectivity index (χ4v) is 1.84. The third-order valence-corrected chi connectivity index (χ3v) is 1.53. The van der Waals surface area contributed by atoms with Crippen LogP contribution < -0.4 is 0 Å². The van der Waals surface area contributed by atoms with Gasteiger partial charge in [0.2, 0.25) is 0 Å². The van der Waals surface area contributed by atoms with Crippen LogP contribution in [0.1, 0.15) is 34.6 Å². The molecule has 0 fully saturated rings. The van der Waals surface area contributed by atoms with Gasteiger partial charge in [-0.2, -0.15) is 0 Å². The molecule has 0 unspecified atom stereocenters. The van der Waals surface area contributed by atoms with Gasteiger partial charge in [0.1, 0.15) is 0 Å². The van der Waals surface area contributed by atoms with Crippen LogP contribution in [0.15, 0.2) is 0 Å². The van der Waals surface area contributed by atoms with Gasteiger partial charge < -0.3 is 0 Å². The van der Waals surface area contributed by atoms with Gasteiger partial charge in [0.05, 0.1) is 0 Å². The van der Waals surface area contributed by atoms with Crippen LogP contribution in [0.25, 0.3) is 0 Å².